The van der Waals surface area contributed by atoms with E-state index in [1.807, 2.05) is 0 Å². The number of halogens is 1. The lowest BCUT2D eigenvalue weighted by Crippen LogP contribution is -2.43. The summed E-state index contributed by atoms with van der Waals surface area (Å²) in [5.41, 5.74) is 0. The maximum absolute atomic E-state index is 12.0. The fourth-order valence-electron chi connectivity index (χ4n) is 2.80. The predicted molar refractivity (Wildman–Crippen MR) is 76.9 cm³/mol. The van der Waals surface area contributed by atoms with Crippen molar-refractivity contribution in [3.05, 3.63) is 12.2 Å². The van der Waals surface area contributed by atoms with E-state index < -0.39 is 0 Å². The first-order chi connectivity index (χ1) is 8.25. The zero-order valence-electron chi connectivity index (χ0n) is 11.2. The molecule has 3 atom stereocenters. The molecule has 0 saturated carbocycles. The third-order valence-corrected chi connectivity index (χ3v) is 3.94. The third kappa shape index (κ3) is 4.62. The van der Waals surface area contributed by atoms with Crippen LogP contribution in [0.2, 0.25) is 0 Å². The molecule has 1 saturated heterocycles. The minimum atomic E-state index is 0. The van der Waals surface area contributed by atoms with E-state index in [0.717, 1.165) is 32.4 Å². The number of nitrogens with one attached hydrogen (secondary N) is 2. The summed E-state index contributed by atoms with van der Waals surface area (Å²) < 4.78 is 0. The van der Waals surface area contributed by atoms with Gasteiger partial charge in [-0.1, -0.05) is 12.2 Å². The van der Waals surface area contributed by atoms with Gasteiger partial charge in [-0.3, -0.25) is 4.79 Å². The Balaban J connectivity index is 0.00000162. The molecule has 2 aliphatic rings. The lowest BCUT2D eigenvalue weighted by Gasteiger charge is -2.28. The van der Waals surface area contributed by atoms with E-state index in [4.69, 9.17) is 0 Å². The van der Waals surface area contributed by atoms with Gasteiger partial charge < -0.3 is 10.6 Å². The van der Waals surface area contributed by atoms with E-state index in [1.54, 1.807) is 0 Å². The van der Waals surface area contributed by atoms with E-state index in [-0.39, 0.29) is 24.2 Å². The minimum Gasteiger partial charge on any atom is -0.356 e. The molecule has 1 fully saturated rings. The van der Waals surface area contributed by atoms with E-state index in [2.05, 4.69) is 29.7 Å². The lowest BCUT2D eigenvalue weighted by molar-refractivity contribution is -0.126. The number of piperidine rings is 1. The molecule has 2 rings (SSSR count). The molecule has 0 radical (unpaired) electrons. The Morgan fingerprint density at radius 3 is 2.89 bits per heavy atom. The van der Waals surface area contributed by atoms with Crippen LogP contribution in [-0.2, 0) is 4.79 Å². The average Bonchev–Trinajstić information content (AvgIpc) is 2.37. The molecule has 1 aliphatic carbocycles. The van der Waals surface area contributed by atoms with Gasteiger partial charge in [-0.05, 0) is 51.5 Å². The molecule has 0 aromatic carbocycles. The van der Waals surface area contributed by atoms with Gasteiger partial charge in [-0.15, -0.1) is 12.4 Å². The van der Waals surface area contributed by atoms with E-state index in [1.165, 1.54) is 12.8 Å². The summed E-state index contributed by atoms with van der Waals surface area (Å²) in [7, 11) is 0. The molecule has 1 aliphatic heterocycles. The fourth-order valence-corrected chi connectivity index (χ4v) is 2.80. The zero-order chi connectivity index (χ0) is 12.1. The molecule has 4 heteroatoms. The number of hydrogen-bond donors (Lipinski definition) is 2. The summed E-state index contributed by atoms with van der Waals surface area (Å²) >= 11 is 0. The zero-order valence-corrected chi connectivity index (χ0v) is 12.0. The second-order valence-corrected chi connectivity index (χ2v) is 5.47. The molecule has 0 spiro atoms. The highest BCUT2D eigenvalue weighted by molar-refractivity contribution is 5.85. The average molecular weight is 273 g/mol. The van der Waals surface area contributed by atoms with Gasteiger partial charge in [0.15, 0.2) is 0 Å². The third-order valence-electron chi connectivity index (χ3n) is 3.94. The van der Waals surface area contributed by atoms with Gasteiger partial charge in [-0.2, -0.15) is 0 Å². The van der Waals surface area contributed by atoms with Crippen molar-refractivity contribution in [1.29, 1.82) is 0 Å². The molecular formula is C14H25ClN2O. The van der Waals surface area contributed by atoms with Gasteiger partial charge in [0, 0.05) is 18.5 Å². The maximum atomic E-state index is 12.0. The van der Waals surface area contributed by atoms with Gasteiger partial charge in [0.2, 0.25) is 5.91 Å². The van der Waals surface area contributed by atoms with Crippen molar-refractivity contribution in [2.45, 2.75) is 45.1 Å². The maximum Gasteiger partial charge on any atom is 0.223 e. The largest absolute Gasteiger partial charge is 0.356 e. The molecule has 18 heavy (non-hydrogen) atoms. The van der Waals surface area contributed by atoms with Crippen LogP contribution >= 0.6 is 12.4 Å². The van der Waals surface area contributed by atoms with Crippen molar-refractivity contribution in [3.63, 3.8) is 0 Å². The van der Waals surface area contributed by atoms with Gasteiger partial charge in [0.1, 0.15) is 0 Å². The van der Waals surface area contributed by atoms with Crippen molar-refractivity contribution in [3.8, 4) is 0 Å². The Kier molecular flexibility index (Phi) is 6.72. The van der Waals surface area contributed by atoms with Crippen LogP contribution in [0.1, 0.15) is 39.0 Å². The number of carbonyl (C=O) groups excluding carboxylic acids is 1. The van der Waals surface area contributed by atoms with Crippen LogP contribution in [0.5, 0.6) is 0 Å². The van der Waals surface area contributed by atoms with E-state index >= 15 is 0 Å². The van der Waals surface area contributed by atoms with Crippen LogP contribution in [0, 0.1) is 11.8 Å². The summed E-state index contributed by atoms with van der Waals surface area (Å²) in [6.45, 7) is 4.00. The molecule has 2 N–H and O–H groups in total. The Bertz CT molecular complexity index is 294. The first-order valence-electron chi connectivity index (χ1n) is 6.92. The predicted octanol–water partition coefficient (Wildman–Crippen LogP) is 2.27. The van der Waals surface area contributed by atoms with Crippen LogP contribution in [-0.4, -0.2) is 25.0 Å². The van der Waals surface area contributed by atoms with Crippen molar-refractivity contribution < 1.29 is 4.79 Å². The second-order valence-electron chi connectivity index (χ2n) is 5.47. The number of carbonyl (C=O) groups is 1. The van der Waals surface area contributed by atoms with Crippen LogP contribution in [0.25, 0.3) is 0 Å². The molecule has 1 unspecified atom stereocenters. The SMILES string of the molecule is C[C@H]1C[C@@H](C(=O)NCC2CC=CCC2)CCN1.Cl. The van der Waals surface area contributed by atoms with Gasteiger partial charge in [-0.25, -0.2) is 0 Å². The molecule has 0 bridgehead atoms. The number of rotatable bonds is 3. The highest BCUT2D eigenvalue weighted by Crippen LogP contribution is 2.19. The number of hydrogen-bond acceptors (Lipinski definition) is 2. The van der Waals surface area contributed by atoms with Crippen molar-refractivity contribution in [1.82, 2.24) is 10.6 Å². The highest BCUT2D eigenvalue weighted by atomic mass is 35.5. The smallest absolute Gasteiger partial charge is 0.223 e. The first-order valence-corrected chi connectivity index (χ1v) is 6.92. The second kappa shape index (κ2) is 7.80. The molecule has 104 valence electrons. The quantitative estimate of drug-likeness (QED) is 0.774. The molecule has 3 nitrogen and oxygen atoms in total. The molecule has 1 heterocycles. The van der Waals surface area contributed by atoms with E-state index in [9.17, 15) is 4.79 Å². The van der Waals surface area contributed by atoms with Crippen molar-refractivity contribution in [2.24, 2.45) is 11.8 Å². The van der Waals surface area contributed by atoms with Crippen LogP contribution in [0.15, 0.2) is 12.2 Å². The van der Waals surface area contributed by atoms with Crippen LogP contribution < -0.4 is 10.6 Å². The molecule has 0 aromatic heterocycles. The number of allylic oxidation sites excluding steroid dienone is 2. The first kappa shape index (κ1) is 15.5. The van der Waals surface area contributed by atoms with Gasteiger partial charge in [0.05, 0.1) is 0 Å². The molecular weight excluding hydrogens is 248 g/mol. The van der Waals surface area contributed by atoms with Crippen LogP contribution in [0.4, 0.5) is 0 Å². The summed E-state index contributed by atoms with van der Waals surface area (Å²) in [6, 6.07) is 0.483. The van der Waals surface area contributed by atoms with Crippen molar-refractivity contribution in [2.75, 3.05) is 13.1 Å². The normalized spacial score (nSPS) is 31.5. The standard InChI is InChI=1S/C14H24N2O.ClH/c1-11-9-13(7-8-15-11)14(17)16-10-12-5-3-2-4-6-12;/h2-3,11-13,15H,4-10H2,1H3,(H,16,17);1H/t11-,12?,13-;/m0./s1. The lowest BCUT2D eigenvalue weighted by atomic mass is 9.91. The topological polar surface area (TPSA) is 41.1 Å². The molecule has 1 amide bonds. The fraction of sp³-hybridized carbons (Fsp3) is 0.786. The van der Waals surface area contributed by atoms with Gasteiger partial charge >= 0.3 is 0 Å². The number of amides is 1. The molecule has 0 aromatic rings. The minimum absolute atomic E-state index is 0. The van der Waals surface area contributed by atoms with Gasteiger partial charge in [0.25, 0.3) is 0 Å². The monoisotopic (exact) mass is 272 g/mol. The summed E-state index contributed by atoms with van der Waals surface area (Å²) in [4.78, 5) is 12.0. The summed E-state index contributed by atoms with van der Waals surface area (Å²) in [5, 5.41) is 6.53. The Labute approximate surface area is 116 Å². The van der Waals surface area contributed by atoms with Crippen molar-refractivity contribution >= 4 is 18.3 Å². The Hall–Kier alpha value is -0.540. The Morgan fingerprint density at radius 2 is 2.22 bits per heavy atom. The highest BCUT2D eigenvalue weighted by Gasteiger charge is 2.24. The summed E-state index contributed by atoms with van der Waals surface area (Å²) in [5.74, 6) is 1.15. The summed E-state index contributed by atoms with van der Waals surface area (Å²) in [6.07, 6.45) is 9.98. The van der Waals surface area contributed by atoms with E-state index in [0.29, 0.717) is 12.0 Å². The van der Waals surface area contributed by atoms with Crippen LogP contribution in [0.3, 0.4) is 0 Å². The Morgan fingerprint density at radius 1 is 1.39 bits per heavy atom.